The molecule has 22 heavy (non-hydrogen) atoms. The zero-order valence-electron chi connectivity index (χ0n) is 13.2. The van der Waals surface area contributed by atoms with Gasteiger partial charge >= 0.3 is 0 Å². The van der Waals surface area contributed by atoms with Crippen molar-refractivity contribution in [2.24, 2.45) is 0 Å². The van der Waals surface area contributed by atoms with Crippen molar-refractivity contribution in [2.75, 3.05) is 13.9 Å². The number of fused-ring (bicyclic) bond motifs is 1. The number of aromatic nitrogens is 1. The minimum Gasteiger partial charge on any atom is -0.493 e. The van der Waals surface area contributed by atoms with E-state index in [4.69, 9.17) is 14.2 Å². The van der Waals surface area contributed by atoms with Gasteiger partial charge in [0.05, 0.1) is 17.8 Å². The molecule has 0 radical (unpaired) electrons. The summed E-state index contributed by atoms with van der Waals surface area (Å²) in [5.41, 5.74) is 2.21. The molecule has 2 aromatic rings. The first-order chi connectivity index (χ1) is 10.6. The van der Waals surface area contributed by atoms with E-state index >= 15 is 0 Å². The van der Waals surface area contributed by atoms with Gasteiger partial charge in [-0.2, -0.15) is 0 Å². The second-order valence-corrected chi connectivity index (χ2v) is 6.55. The molecule has 1 N–H and O–H groups in total. The molecule has 0 saturated carbocycles. The molecule has 0 amide bonds. The van der Waals surface area contributed by atoms with Crippen molar-refractivity contribution in [3.8, 4) is 17.2 Å². The molecule has 1 aromatic heterocycles. The SMILES string of the molecule is COc1cc(CN[C@@H](C)c2sc(C)nc2C)cc2c1OCO2. The third-order valence-corrected chi connectivity index (χ3v) is 4.92. The molecular formula is C16H20N2O3S. The smallest absolute Gasteiger partial charge is 0.231 e. The fourth-order valence-electron chi connectivity index (χ4n) is 2.60. The van der Waals surface area contributed by atoms with E-state index in [1.807, 2.05) is 19.1 Å². The Morgan fingerprint density at radius 1 is 1.36 bits per heavy atom. The van der Waals surface area contributed by atoms with Crippen molar-refractivity contribution >= 4 is 11.3 Å². The molecule has 1 atom stereocenters. The van der Waals surface area contributed by atoms with Gasteiger partial charge in [-0.3, -0.25) is 0 Å². The number of methoxy groups -OCH3 is 1. The molecule has 1 aliphatic heterocycles. The Kier molecular flexibility index (Phi) is 4.22. The third kappa shape index (κ3) is 2.89. The number of hydrogen-bond acceptors (Lipinski definition) is 6. The van der Waals surface area contributed by atoms with Gasteiger partial charge < -0.3 is 19.5 Å². The van der Waals surface area contributed by atoms with Crippen LogP contribution in [0.4, 0.5) is 0 Å². The van der Waals surface area contributed by atoms with Gasteiger partial charge in [-0.15, -0.1) is 11.3 Å². The van der Waals surface area contributed by atoms with Crippen LogP contribution in [-0.2, 0) is 6.54 Å². The molecule has 6 heteroatoms. The fraction of sp³-hybridized carbons (Fsp3) is 0.438. The van der Waals surface area contributed by atoms with Crippen molar-refractivity contribution in [1.82, 2.24) is 10.3 Å². The first-order valence-corrected chi connectivity index (χ1v) is 8.04. The van der Waals surface area contributed by atoms with E-state index in [0.717, 1.165) is 28.6 Å². The molecule has 0 spiro atoms. The summed E-state index contributed by atoms with van der Waals surface area (Å²) in [7, 11) is 1.64. The lowest BCUT2D eigenvalue weighted by atomic mass is 10.1. The van der Waals surface area contributed by atoms with E-state index in [1.54, 1.807) is 18.4 Å². The summed E-state index contributed by atoms with van der Waals surface area (Å²) in [4.78, 5) is 5.77. The third-order valence-electron chi connectivity index (χ3n) is 3.66. The maximum Gasteiger partial charge on any atom is 0.231 e. The Morgan fingerprint density at radius 3 is 2.86 bits per heavy atom. The van der Waals surface area contributed by atoms with Gasteiger partial charge in [0.25, 0.3) is 0 Å². The minimum atomic E-state index is 0.248. The molecule has 118 valence electrons. The summed E-state index contributed by atoms with van der Waals surface area (Å²) >= 11 is 1.74. The average molecular weight is 320 g/mol. The molecule has 1 aromatic carbocycles. The van der Waals surface area contributed by atoms with E-state index in [0.29, 0.717) is 11.5 Å². The van der Waals surface area contributed by atoms with Gasteiger partial charge in [0.2, 0.25) is 12.5 Å². The summed E-state index contributed by atoms with van der Waals surface area (Å²) in [6.07, 6.45) is 0. The molecule has 5 nitrogen and oxygen atoms in total. The Hall–Kier alpha value is -1.79. The van der Waals surface area contributed by atoms with E-state index in [-0.39, 0.29) is 12.8 Å². The average Bonchev–Trinajstić information content (AvgIpc) is 3.09. The molecular weight excluding hydrogens is 300 g/mol. The van der Waals surface area contributed by atoms with Crippen LogP contribution in [0.5, 0.6) is 17.2 Å². The van der Waals surface area contributed by atoms with Gasteiger partial charge in [-0.05, 0) is 38.5 Å². The number of nitrogens with zero attached hydrogens (tertiary/aromatic N) is 1. The zero-order valence-corrected chi connectivity index (χ0v) is 14.0. The Balaban J connectivity index is 1.73. The minimum absolute atomic E-state index is 0.248. The lowest BCUT2D eigenvalue weighted by Gasteiger charge is -2.14. The van der Waals surface area contributed by atoms with Crippen molar-refractivity contribution in [3.63, 3.8) is 0 Å². The van der Waals surface area contributed by atoms with Crippen molar-refractivity contribution < 1.29 is 14.2 Å². The maximum atomic E-state index is 5.46. The van der Waals surface area contributed by atoms with Gasteiger partial charge in [0, 0.05) is 17.5 Å². The van der Waals surface area contributed by atoms with Crippen LogP contribution in [0.1, 0.15) is 34.1 Å². The second kappa shape index (κ2) is 6.14. The van der Waals surface area contributed by atoms with Crippen molar-refractivity contribution in [3.05, 3.63) is 33.3 Å². The van der Waals surface area contributed by atoms with Gasteiger partial charge in [0.15, 0.2) is 11.5 Å². The lowest BCUT2D eigenvalue weighted by molar-refractivity contribution is 0.171. The quantitative estimate of drug-likeness (QED) is 0.915. The molecule has 0 bridgehead atoms. The maximum absolute atomic E-state index is 5.46. The van der Waals surface area contributed by atoms with Gasteiger partial charge in [0.1, 0.15) is 0 Å². The highest BCUT2D eigenvalue weighted by Crippen LogP contribution is 2.41. The van der Waals surface area contributed by atoms with Crippen LogP contribution in [0.2, 0.25) is 0 Å². The molecule has 0 saturated heterocycles. The molecule has 0 unspecified atom stereocenters. The van der Waals surface area contributed by atoms with E-state index in [9.17, 15) is 0 Å². The number of thiazole rings is 1. The monoisotopic (exact) mass is 320 g/mol. The summed E-state index contributed by atoms with van der Waals surface area (Å²) in [5.74, 6) is 2.14. The predicted molar refractivity (Wildman–Crippen MR) is 86.0 cm³/mol. The second-order valence-electron chi connectivity index (χ2n) is 5.32. The van der Waals surface area contributed by atoms with Crippen molar-refractivity contribution in [1.29, 1.82) is 0 Å². The van der Waals surface area contributed by atoms with E-state index < -0.39 is 0 Å². The molecule has 1 aliphatic rings. The highest BCUT2D eigenvalue weighted by atomic mass is 32.1. The Labute approximate surface area is 134 Å². The number of rotatable bonds is 5. The van der Waals surface area contributed by atoms with Crippen LogP contribution in [0, 0.1) is 13.8 Å². The largest absolute Gasteiger partial charge is 0.493 e. The number of hydrogen-bond donors (Lipinski definition) is 1. The van der Waals surface area contributed by atoms with Crippen molar-refractivity contribution in [2.45, 2.75) is 33.4 Å². The van der Waals surface area contributed by atoms with Crippen LogP contribution >= 0.6 is 11.3 Å². The van der Waals surface area contributed by atoms with Crippen LogP contribution in [-0.4, -0.2) is 18.9 Å². The Bertz CT molecular complexity index is 684. The summed E-state index contributed by atoms with van der Waals surface area (Å²) < 4.78 is 16.2. The predicted octanol–water partition coefficient (Wildman–Crippen LogP) is 3.35. The highest BCUT2D eigenvalue weighted by molar-refractivity contribution is 7.11. The number of ether oxygens (including phenoxy) is 3. The molecule has 2 heterocycles. The topological polar surface area (TPSA) is 52.6 Å². The fourth-order valence-corrected chi connectivity index (χ4v) is 3.55. The number of benzene rings is 1. The number of nitrogens with one attached hydrogen (secondary N) is 1. The molecule has 0 fully saturated rings. The zero-order chi connectivity index (χ0) is 15.7. The van der Waals surface area contributed by atoms with Gasteiger partial charge in [-0.1, -0.05) is 0 Å². The summed E-state index contributed by atoms with van der Waals surface area (Å²) in [5, 5.41) is 4.63. The van der Waals surface area contributed by atoms with Crippen LogP contribution in [0.3, 0.4) is 0 Å². The lowest BCUT2D eigenvalue weighted by Crippen LogP contribution is -2.18. The van der Waals surface area contributed by atoms with Crippen LogP contribution < -0.4 is 19.5 Å². The van der Waals surface area contributed by atoms with E-state index in [2.05, 4.69) is 24.1 Å². The number of aryl methyl sites for hydroxylation is 2. The first kappa shape index (κ1) is 15.1. The standard InChI is InChI=1S/C16H20N2O3S/c1-9(16-10(2)18-11(3)22-16)17-7-12-5-13(19-4)15-14(6-12)20-8-21-15/h5-6,9,17H,7-8H2,1-4H3/t9-/m0/s1. The highest BCUT2D eigenvalue weighted by Gasteiger charge is 2.20. The molecule has 3 rings (SSSR count). The first-order valence-electron chi connectivity index (χ1n) is 7.22. The van der Waals surface area contributed by atoms with Crippen LogP contribution in [0.15, 0.2) is 12.1 Å². The summed E-state index contributed by atoms with van der Waals surface area (Å²) in [6.45, 7) is 7.23. The van der Waals surface area contributed by atoms with E-state index in [1.165, 1.54) is 4.88 Å². The van der Waals surface area contributed by atoms with Crippen LogP contribution in [0.25, 0.3) is 0 Å². The summed E-state index contributed by atoms with van der Waals surface area (Å²) in [6, 6.07) is 4.23. The van der Waals surface area contributed by atoms with Gasteiger partial charge in [-0.25, -0.2) is 4.98 Å². The molecule has 0 aliphatic carbocycles. The Morgan fingerprint density at radius 2 is 2.18 bits per heavy atom. The normalized spacial score (nSPS) is 14.2.